The van der Waals surface area contributed by atoms with Gasteiger partial charge in [-0.15, -0.1) is 0 Å². The number of benzene rings is 3. The Morgan fingerprint density at radius 3 is 2.39 bits per heavy atom. The van der Waals surface area contributed by atoms with Gasteiger partial charge in [0.2, 0.25) is 5.91 Å². The largest absolute Gasteiger partial charge is 0.496 e. The number of amides is 3. The fraction of sp³-hybridized carbons (Fsp3) is 0.281. The number of nitriles is 1. The molecule has 0 radical (unpaired) electrons. The van der Waals surface area contributed by atoms with E-state index in [1.807, 2.05) is 30.3 Å². The van der Waals surface area contributed by atoms with Gasteiger partial charge in [-0.3, -0.25) is 9.59 Å². The summed E-state index contributed by atoms with van der Waals surface area (Å²) < 4.78 is 31.1. The molecule has 0 unspecified atom stereocenters. The standard InChI is InChI=1S/C32H33FN4O6S/c1-32(2,3)43-31(40)35-16-15-26(38)36-30(44-5)37-29(39)28-25(42-19-20-9-7-6-8-10-20)13-11-21(18-34)27(28)23-17-22(33)12-14-24(23)41-4/h6-14,17H,15-16,19H2,1-5H3,(H,35,40)(H,36,37,38,39). The number of halogens is 1. The Bertz CT molecular complexity index is 1580. The number of amidine groups is 1. The summed E-state index contributed by atoms with van der Waals surface area (Å²) in [5.41, 5.74) is 0.290. The Morgan fingerprint density at radius 1 is 1.05 bits per heavy atom. The van der Waals surface area contributed by atoms with Gasteiger partial charge in [-0.05, 0) is 62.9 Å². The predicted molar refractivity (Wildman–Crippen MR) is 166 cm³/mol. The lowest BCUT2D eigenvalue weighted by Gasteiger charge is -2.19. The van der Waals surface area contributed by atoms with Crippen molar-refractivity contribution in [3.05, 3.63) is 83.2 Å². The highest BCUT2D eigenvalue weighted by Crippen LogP contribution is 2.40. The zero-order valence-electron chi connectivity index (χ0n) is 25.0. The lowest BCUT2D eigenvalue weighted by molar-refractivity contribution is -0.119. The van der Waals surface area contributed by atoms with Gasteiger partial charge in [0, 0.05) is 24.1 Å². The van der Waals surface area contributed by atoms with Gasteiger partial charge in [-0.2, -0.15) is 10.3 Å². The van der Waals surface area contributed by atoms with Crippen LogP contribution in [0.3, 0.4) is 0 Å². The molecule has 3 aromatic rings. The molecule has 3 amide bonds. The van der Waals surface area contributed by atoms with E-state index in [1.165, 1.54) is 31.4 Å². The molecule has 0 saturated heterocycles. The SMILES string of the molecule is COc1ccc(F)cc1-c1c(C#N)ccc(OCc2ccccc2)c1C(=O)N=C(NC(=O)CCNC(=O)OC(C)(C)C)SC. The Hall–Kier alpha value is -4.89. The molecule has 0 atom stereocenters. The third-order valence-corrected chi connectivity index (χ3v) is 6.41. The van der Waals surface area contributed by atoms with E-state index in [-0.39, 0.29) is 58.5 Å². The van der Waals surface area contributed by atoms with E-state index in [1.54, 1.807) is 27.0 Å². The Balaban J connectivity index is 1.98. The summed E-state index contributed by atoms with van der Waals surface area (Å²) in [5, 5.41) is 15.0. The summed E-state index contributed by atoms with van der Waals surface area (Å²) in [6.45, 7) is 5.24. The van der Waals surface area contributed by atoms with Crippen molar-refractivity contribution in [2.24, 2.45) is 4.99 Å². The lowest BCUT2D eigenvalue weighted by Crippen LogP contribution is -2.36. The van der Waals surface area contributed by atoms with Crippen LogP contribution in [0.15, 0.2) is 65.7 Å². The fourth-order valence-electron chi connectivity index (χ4n) is 3.95. The van der Waals surface area contributed by atoms with Crippen LogP contribution in [0.2, 0.25) is 0 Å². The van der Waals surface area contributed by atoms with Crippen LogP contribution in [0.5, 0.6) is 11.5 Å². The molecule has 12 heteroatoms. The fourth-order valence-corrected chi connectivity index (χ4v) is 4.34. The van der Waals surface area contributed by atoms with E-state index in [0.717, 1.165) is 23.4 Å². The quantitative estimate of drug-likeness (QED) is 0.225. The van der Waals surface area contributed by atoms with Crippen molar-refractivity contribution < 1.29 is 33.0 Å². The summed E-state index contributed by atoms with van der Waals surface area (Å²) >= 11 is 1.00. The maximum Gasteiger partial charge on any atom is 0.407 e. The Kier molecular flexibility index (Phi) is 11.9. The molecule has 0 aliphatic carbocycles. The second-order valence-corrected chi connectivity index (χ2v) is 11.0. The smallest absolute Gasteiger partial charge is 0.407 e. The molecule has 0 fully saturated rings. The van der Waals surface area contributed by atoms with Gasteiger partial charge >= 0.3 is 6.09 Å². The zero-order chi connectivity index (χ0) is 32.3. The molecule has 0 saturated carbocycles. The number of thioether (sulfide) groups is 1. The molecule has 0 heterocycles. The molecule has 0 spiro atoms. The van der Waals surface area contributed by atoms with Gasteiger partial charge in [-0.25, -0.2) is 9.18 Å². The van der Waals surface area contributed by atoms with Crippen molar-refractivity contribution in [3.8, 4) is 28.7 Å². The molecule has 3 aromatic carbocycles. The number of rotatable bonds is 9. The number of carbonyl (C=O) groups excluding carboxylic acids is 3. The number of nitrogens with one attached hydrogen (secondary N) is 2. The van der Waals surface area contributed by atoms with Crippen LogP contribution in [0, 0.1) is 17.1 Å². The third kappa shape index (κ3) is 9.57. The number of hydrogen-bond acceptors (Lipinski definition) is 8. The van der Waals surface area contributed by atoms with Crippen molar-refractivity contribution >= 4 is 34.8 Å². The van der Waals surface area contributed by atoms with E-state index in [2.05, 4.69) is 21.7 Å². The van der Waals surface area contributed by atoms with Crippen LogP contribution in [0.4, 0.5) is 9.18 Å². The average Bonchev–Trinajstić information content (AvgIpc) is 2.98. The van der Waals surface area contributed by atoms with E-state index in [9.17, 15) is 24.0 Å². The van der Waals surface area contributed by atoms with Crippen molar-refractivity contribution in [2.75, 3.05) is 19.9 Å². The summed E-state index contributed by atoms with van der Waals surface area (Å²) in [4.78, 5) is 42.4. The minimum absolute atomic E-state index is 0.0123. The van der Waals surface area contributed by atoms with Gasteiger partial charge in [0.25, 0.3) is 5.91 Å². The van der Waals surface area contributed by atoms with Crippen LogP contribution in [0.1, 0.15) is 48.7 Å². The first-order chi connectivity index (χ1) is 20.9. The van der Waals surface area contributed by atoms with Crippen LogP contribution in [-0.2, 0) is 16.1 Å². The number of methoxy groups -OCH3 is 1. The molecule has 10 nitrogen and oxygen atoms in total. The zero-order valence-corrected chi connectivity index (χ0v) is 25.8. The van der Waals surface area contributed by atoms with E-state index < -0.39 is 29.3 Å². The van der Waals surface area contributed by atoms with E-state index in [0.29, 0.717) is 0 Å². The molecule has 230 valence electrons. The summed E-state index contributed by atoms with van der Waals surface area (Å²) in [5.74, 6) is -1.66. The Labute approximate surface area is 259 Å². The number of aliphatic imine (C=N–C) groups is 1. The minimum Gasteiger partial charge on any atom is -0.496 e. The van der Waals surface area contributed by atoms with Gasteiger partial charge in [0.15, 0.2) is 5.17 Å². The third-order valence-electron chi connectivity index (χ3n) is 5.83. The number of nitrogens with zero attached hydrogens (tertiary/aromatic N) is 2. The number of hydrogen-bond donors (Lipinski definition) is 2. The first-order valence-electron chi connectivity index (χ1n) is 13.5. The molecule has 0 aliphatic rings. The molecular weight excluding hydrogens is 587 g/mol. The van der Waals surface area contributed by atoms with Gasteiger partial charge in [0.05, 0.1) is 24.3 Å². The van der Waals surface area contributed by atoms with Crippen LogP contribution in [-0.4, -0.2) is 48.6 Å². The van der Waals surface area contributed by atoms with E-state index in [4.69, 9.17) is 14.2 Å². The first kappa shape index (κ1) is 33.6. The monoisotopic (exact) mass is 620 g/mol. The normalized spacial score (nSPS) is 11.2. The van der Waals surface area contributed by atoms with Gasteiger partial charge < -0.3 is 24.8 Å². The number of carbonyl (C=O) groups is 3. The molecular formula is C32H33FN4O6S. The van der Waals surface area contributed by atoms with Gasteiger partial charge in [-0.1, -0.05) is 42.1 Å². The van der Waals surface area contributed by atoms with Crippen LogP contribution >= 0.6 is 11.8 Å². The second kappa shape index (κ2) is 15.5. The average molecular weight is 621 g/mol. The van der Waals surface area contributed by atoms with Crippen LogP contribution in [0.25, 0.3) is 11.1 Å². The van der Waals surface area contributed by atoms with Crippen molar-refractivity contribution in [1.82, 2.24) is 10.6 Å². The highest BCUT2D eigenvalue weighted by atomic mass is 32.2. The summed E-state index contributed by atoms with van der Waals surface area (Å²) in [7, 11) is 1.39. The molecule has 0 aliphatic heterocycles. The molecule has 44 heavy (non-hydrogen) atoms. The maximum atomic E-state index is 14.5. The molecule has 2 N–H and O–H groups in total. The van der Waals surface area contributed by atoms with Gasteiger partial charge in [0.1, 0.15) is 29.5 Å². The minimum atomic E-state index is -0.844. The highest BCUT2D eigenvalue weighted by molar-refractivity contribution is 8.13. The Morgan fingerprint density at radius 2 is 1.75 bits per heavy atom. The first-order valence-corrected chi connectivity index (χ1v) is 14.7. The van der Waals surface area contributed by atoms with Crippen molar-refractivity contribution in [2.45, 2.75) is 39.4 Å². The number of alkyl carbamates (subject to hydrolysis) is 1. The molecule has 0 aromatic heterocycles. The van der Waals surface area contributed by atoms with Crippen molar-refractivity contribution in [1.29, 1.82) is 5.26 Å². The summed E-state index contributed by atoms with van der Waals surface area (Å²) in [6.07, 6.45) is 0.828. The summed E-state index contributed by atoms with van der Waals surface area (Å²) in [6, 6.07) is 18.0. The maximum absolute atomic E-state index is 14.5. The predicted octanol–water partition coefficient (Wildman–Crippen LogP) is 5.84. The second-order valence-electron chi connectivity index (χ2n) is 10.2. The topological polar surface area (TPSA) is 139 Å². The van der Waals surface area contributed by atoms with E-state index >= 15 is 0 Å². The lowest BCUT2D eigenvalue weighted by atomic mass is 9.92. The molecule has 0 bridgehead atoms. The molecule has 3 rings (SSSR count). The van der Waals surface area contributed by atoms with Crippen LogP contribution < -0.4 is 20.1 Å². The van der Waals surface area contributed by atoms with Crippen molar-refractivity contribution in [3.63, 3.8) is 0 Å². The number of ether oxygens (including phenoxy) is 3. The highest BCUT2D eigenvalue weighted by Gasteiger charge is 2.26.